The molecule has 1 rings (SSSR count). The normalized spacial score (nSPS) is 12.1. The van der Waals surface area contributed by atoms with Gasteiger partial charge in [-0.05, 0) is 24.6 Å². The lowest BCUT2D eigenvalue weighted by atomic mass is 10.2. The minimum atomic E-state index is 0.120. The van der Waals surface area contributed by atoms with Crippen molar-refractivity contribution in [1.29, 1.82) is 0 Å². The van der Waals surface area contributed by atoms with Crippen LogP contribution in [0.2, 0.25) is 0 Å². The van der Waals surface area contributed by atoms with Crippen LogP contribution in [0.25, 0.3) is 6.08 Å². The molecule has 1 atom stereocenters. The summed E-state index contributed by atoms with van der Waals surface area (Å²) in [5.41, 5.74) is 1.09. The molecule has 2 heteroatoms. The Bertz CT molecular complexity index is 277. The van der Waals surface area contributed by atoms with E-state index in [9.17, 15) is 0 Å². The highest BCUT2D eigenvalue weighted by Crippen LogP contribution is 2.13. The fourth-order valence-electron chi connectivity index (χ4n) is 0.982. The summed E-state index contributed by atoms with van der Waals surface area (Å²) in [5, 5.41) is 0. The van der Waals surface area contributed by atoms with Crippen LogP contribution in [0.3, 0.4) is 0 Å². The maximum absolute atomic E-state index is 5.50. The third kappa shape index (κ3) is 3.23. The average molecular weight is 192 g/mol. The van der Waals surface area contributed by atoms with Gasteiger partial charge in [-0.1, -0.05) is 24.8 Å². The first-order valence-corrected chi connectivity index (χ1v) is 4.64. The first-order valence-electron chi connectivity index (χ1n) is 4.64. The van der Waals surface area contributed by atoms with Gasteiger partial charge in [0.25, 0.3) is 0 Å². The van der Waals surface area contributed by atoms with Crippen molar-refractivity contribution < 1.29 is 9.47 Å². The first-order chi connectivity index (χ1) is 6.76. The van der Waals surface area contributed by atoms with E-state index in [4.69, 9.17) is 9.47 Å². The van der Waals surface area contributed by atoms with Crippen LogP contribution >= 0.6 is 0 Å². The SMILES string of the molecule is C=Cc1ccc(OCC(C)OC)cc1. The second-order valence-corrected chi connectivity index (χ2v) is 3.13. The molecule has 0 bridgehead atoms. The van der Waals surface area contributed by atoms with Crippen LogP contribution in [0.4, 0.5) is 0 Å². The molecule has 2 nitrogen and oxygen atoms in total. The number of methoxy groups -OCH3 is 1. The van der Waals surface area contributed by atoms with E-state index in [0.717, 1.165) is 11.3 Å². The highest BCUT2D eigenvalue weighted by Gasteiger charge is 1.99. The Morgan fingerprint density at radius 2 is 2.00 bits per heavy atom. The van der Waals surface area contributed by atoms with E-state index < -0.39 is 0 Å². The summed E-state index contributed by atoms with van der Waals surface area (Å²) in [6, 6.07) is 7.80. The van der Waals surface area contributed by atoms with Gasteiger partial charge in [-0.2, -0.15) is 0 Å². The van der Waals surface area contributed by atoms with E-state index in [1.54, 1.807) is 7.11 Å². The predicted octanol–water partition coefficient (Wildman–Crippen LogP) is 2.74. The molecule has 0 radical (unpaired) electrons. The second-order valence-electron chi connectivity index (χ2n) is 3.13. The van der Waals surface area contributed by atoms with E-state index in [0.29, 0.717) is 6.61 Å². The van der Waals surface area contributed by atoms with E-state index in [1.807, 2.05) is 37.3 Å². The van der Waals surface area contributed by atoms with Gasteiger partial charge in [0, 0.05) is 7.11 Å². The molecule has 76 valence electrons. The molecule has 0 aromatic heterocycles. The lowest BCUT2D eigenvalue weighted by Crippen LogP contribution is -2.15. The molecule has 0 saturated heterocycles. The van der Waals surface area contributed by atoms with Crippen LogP contribution in [0, 0.1) is 0 Å². The molecular formula is C12H16O2. The minimum Gasteiger partial charge on any atom is -0.491 e. The second kappa shape index (κ2) is 5.45. The van der Waals surface area contributed by atoms with Gasteiger partial charge >= 0.3 is 0 Å². The smallest absolute Gasteiger partial charge is 0.119 e. The molecular weight excluding hydrogens is 176 g/mol. The number of benzene rings is 1. The molecule has 0 aliphatic heterocycles. The van der Waals surface area contributed by atoms with Crippen molar-refractivity contribution in [1.82, 2.24) is 0 Å². The van der Waals surface area contributed by atoms with Crippen molar-refractivity contribution in [2.75, 3.05) is 13.7 Å². The van der Waals surface area contributed by atoms with Gasteiger partial charge in [0.2, 0.25) is 0 Å². The molecule has 0 saturated carbocycles. The number of hydrogen-bond donors (Lipinski definition) is 0. The zero-order valence-electron chi connectivity index (χ0n) is 8.69. The molecule has 1 aromatic carbocycles. The minimum absolute atomic E-state index is 0.120. The summed E-state index contributed by atoms with van der Waals surface area (Å²) in [6.07, 6.45) is 1.93. The molecule has 0 aliphatic rings. The molecule has 0 fully saturated rings. The summed E-state index contributed by atoms with van der Waals surface area (Å²) in [4.78, 5) is 0. The van der Waals surface area contributed by atoms with Gasteiger partial charge in [-0.15, -0.1) is 0 Å². The van der Waals surface area contributed by atoms with E-state index >= 15 is 0 Å². The van der Waals surface area contributed by atoms with Gasteiger partial charge in [-0.25, -0.2) is 0 Å². The quantitative estimate of drug-likeness (QED) is 0.714. The lowest BCUT2D eigenvalue weighted by molar-refractivity contribution is 0.0717. The van der Waals surface area contributed by atoms with Gasteiger partial charge < -0.3 is 9.47 Å². The molecule has 0 spiro atoms. The first kappa shape index (κ1) is 10.8. The Kier molecular flexibility index (Phi) is 4.20. The molecule has 14 heavy (non-hydrogen) atoms. The number of ether oxygens (including phenoxy) is 2. The van der Waals surface area contributed by atoms with Crippen LogP contribution in [-0.2, 0) is 4.74 Å². The topological polar surface area (TPSA) is 18.5 Å². The maximum atomic E-state index is 5.50. The van der Waals surface area contributed by atoms with E-state index in [-0.39, 0.29) is 6.10 Å². The number of hydrogen-bond acceptors (Lipinski definition) is 2. The Hall–Kier alpha value is -1.28. The Balaban J connectivity index is 2.47. The highest BCUT2D eigenvalue weighted by atomic mass is 16.5. The van der Waals surface area contributed by atoms with Gasteiger partial charge in [0.15, 0.2) is 0 Å². The maximum Gasteiger partial charge on any atom is 0.119 e. The Labute approximate surface area is 85.2 Å². The number of rotatable bonds is 5. The van der Waals surface area contributed by atoms with Crippen LogP contribution in [0.5, 0.6) is 5.75 Å². The standard InChI is InChI=1S/C12H16O2/c1-4-11-5-7-12(8-6-11)14-9-10(2)13-3/h4-8,10H,1,9H2,2-3H3. The van der Waals surface area contributed by atoms with Crippen molar-refractivity contribution in [2.45, 2.75) is 13.0 Å². The summed E-state index contributed by atoms with van der Waals surface area (Å²) in [6.45, 7) is 6.23. The van der Waals surface area contributed by atoms with Crippen molar-refractivity contribution in [3.05, 3.63) is 36.4 Å². The average Bonchev–Trinajstić information content (AvgIpc) is 2.26. The summed E-state index contributed by atoms with van der Waals surface area (Å²) >= 11 is 0. The summed E-state index contributed by atoms with van der Waals surface area (Å²) < 4.78 is 10.6. The van der Waals surface area contributed by atoms with E-state index in [1.165, 1.54) is 0 Å². The van der Waals surface area contributed by atoms with Crippen LogP contribution in [0.15, 0.2) is 30.8 Å². The van der Waals surface area contributed by atoms with Crippen molar-refractivity contribution in [3.8, 4) is 5.75 Å². The monoisotopic (exact) mass is 192 g/mol. The highest BCUT2D eigenvalue weighted by molar-refractivity contribution is 5.48. The van der Waals surface area contributed by atoms with Crippen LogP contribution < -0.4 is 4.74 Å². The Morgan fingerprint density at radius 3 is 2.50 bits per heavy atom. The third-order valence-corrected chi connectivity index (χ3v) is 2.00. The fourth-order valence-corrected chi connectivity index (χ4v) is 0.982. The zero-order chi connectivity index (χ0) is 10.4. The van der Waals surface area contributed by atoms with Crippen LogP contribution in [0.1, 0.15) is 12.5 Å². The Morgan fingerprint density at radius 1 is 1.36 bits per heavy atom. The van der Waals surface area contributed by atoms with Crippen LogP contribution in [-0.4, -0.2) is 19.8 Å². The van der Waals surface area contributed by atoms with Gasteiger partial charge in [0.1, 0.15) is 12.4 Å². The predicted molar refractivity (Wildman–Crippen MR) is 58.5 cm³/mol. The van der Waals surface area contributed by atoms with E-state index in [2.05, 4.69) is 6.58 Å². The molecule has 0 amide bonds. The van der Waals surface area contributed by atoms with Gasteiger partial charge in [-0.3, -0.25) is 0 Å². The van der Waals surface area contributed by atoms with Gasteiger partial charge in [0.05, 0.1) is 6.10 Å². The van der Waals surface area contributed by atoms with Crippen molar-refractivity contribution >= 4 is 6.08 Å². The molecule has 0 N–H and O–H groups in total. The van der Waals surface area contributed by atoms with Crippen molar-refractivity contribution in [3.63, 3.8) is 0 Å². The summed E-state index contributed by atoms with van der Waals surface area (Å²) in [7, 11) is 1.68. The summed E-state index contributed by atoms with van der Waals surface area (Å²) in [5.74, 6) is 0.861. The third-order valence-electron chi connectivity index (χ3n) is 2.00. The van der Waals surface area contributed by atoms with Crippen molar-refractivity contribution in [2.24, 2.45) is 0 Å². The molecule has 0 aliphatic carbocycles. The molecule has 0 heterocycles. The molecule has 1 unspecified atom stereocenters. The largest absolute Gasteiger partial charge is 0.491 e. The lowest BCUT2D eigenvalue weighted by Gasteiger charge is -2.11. The fraction of sp³-hybridized carbons (Fsp3) is 0.333. The zero-order valence-corrected chi connectivity index (χ0v) is 8.69. The molecule has 1 aromatic rings.